The maximum absolute atomic E-state index is 12.2. The zero-order chi connectivity index (χ0) is 16.4. The van der Waals surface area contributed by atoms with E-state index in [4.69, 9.17) is 11.6 Å². The third kappa shape index (κ3) is 3.32. The lowest BCUT2D eigenvalue weighted by Crippen LogP contribution is -2.25. The molecule has 0 unspecified atom stereocenters. The van der Waals surface area contributed by atoms with Crippen molar-refractivity contribution >= 4 is 23.3 Å². The summed E-state index contributed by atoms with van der Waals surface area (Å²) in [7, 11) is 0. The van der Waals surface area contributed by atoms with E-state index in [9.17, 15) is 4.79 Å². The Morgan fingerprint density at radius 1 is 1.26 bits per heavy atom. The van der Waals surface area contributed by atoms with Gasteiger partial charge >= 0.3 is 0 Å². The fraction of sp³-hybridized carbons (Fsp3) is 0.250. The highest BCUT2D eigenvalue weighted by Gasteiger charge is 2.14. The molecule has 0 radical (unpaired) electrons. The normalized spacial score (nSPS) is 10.9. The second kappa shape index (κ2) is 6.34. The number of carbonyl (C=O) groups is 1. The van der Waals surface area contributed by atoms with Crippen molar-refractivity contribution in [3.63, 3.8) is 0 Å². The van der Waals surface area contributed by atoms with E-state index in [1.165, 1.54) is 6.33 Å². The number of hydrogen-bond donors (Lipinski definition) is 1. The van der Waals surface area contributed by atoms with E-state index in [1.807, 2.05) is 26.0 Å². The summed E-state index contributed by atoms with van der Waals surface area (Å²) in [6.45, 7) is 4.26. The summed E-state index contributed by atoms with van der Waals surface area (Å²) < 4.78 is 1.65. The van der Waals surface area contributed by atoms with Gasteiger partial charge < -0.3 is 5.32 Å². The summed E-state index contributed by atoms with van der Waals surface area (Å²) in [5.41, 5.74) is 3.55. The molecule has 2 heterocycles. The zero-order valence-electron chi connectivity index (χ0n) is 12.9. The van der Waals surface area contributed by atoms with Crippen LogP contribution in [0.25, 0.3) is 5.78 Å². The van der Waals surface area contributed by atoms with E-state index in [0.29, 0.717) is 17.3 Å². The van der Waals surface area contributed by atoms with Crippen LogP contribution in [0.2, 0.25) is 5.02 Å². The monoisotopic (exact) mass is 329 g/mol. The summed E-state index contributed by atoms with van der Waals surface area (Å²) >= 11 is 5.85. The van der Waals surface area contributed by atoms with Crippen LogP contribution < -0.4 is 5.32 Å². The Labute approximate surface area is 138 Å². The topological polar surface area (TPSA) is 72.2 Å². The molecule has 1 amide bonds. The fourth-order valence-electron chi connectivity index (χ4n) is 2.44. The Hall–Kier alpha value is -2.47. The largest absolute Gasteiger partial charge is 0.352 e. The lowest BCUT2D eigenvalue weighted by Gasteiger charge is -2.11. The van der Waals surface area contributed by atoms with E-state index in [1.54, 1.807) is 16.6 Å². The minimum absolute atomic E-state index is 0.0626. The maximum atomic E-state index is 12.2. The van der Waals surface area contributed by atoms with Crippen molar-refractivity contribution in [2.45, 2.75) is 26.8 Å². The van der Waals surface area contributed by atoms with Crippen LogP contribution in [0.15, 0.2) is 30.6 Å². The Kier molecular flexibility index (Phi) is 4.25. The Balaban J connectivity index is 1.71. The summed E-state index contributed by atoms with van der Waals surface area (Å²) in [5.74, 6) is 0.484. The summed E-state index contributed by atoms with van der Waals surface area (Å²) in [4.78, 5) is 20.7. The molecule has 1 N–H and O–H groups in total. The van der Waals surface area contributed by atoms with Gasteiger partial charge in [0, 0.05) is 28.5 Å². The molecule has 118 valence electrons. The highest BCUT2D eigenvalue weighted by Crippen LogP contribution is 2.14. The smallest absolute Gasteiger partial charge is 0.252 e. The van der Waals surface area contributed by atoms with Crippen LogP contribution in [-0.4, -0.2) is 25.5 Å². The predicted octanol–water partition coefficient (Wildman–Crippen LogP) is 2.25. The summed E-state index contributed by atoms with van der Waals surface area (Å²) in [6, 6.07) is 7.39. The number of hydrogen-bond acceptors (Lipinski definition) is 4. The van der Waals surface area contributed by atoms with Crippen molar-refractivity contribution in [1.82, 2.24) is 24.9 Å². The van der Waals surface area contributed by atoms with Gasteiger partial charge in [-0.2, -0.15) is 10.1 Å². The molecule has 23 heavy (non-hydrogen) atoms. The standard InChI is InChI=1S/C16H16ClN5O/c1-10-14(11(2)22-16(21-10)19-9-20-22)7-15(23)18-8-12-3-5-13(17)6-4-12/h3-6,9H,7-8H2,1-2H3,(H,18,23). The highest BCUT2D eigenvalue weighted by atomic mass is 35.5. The maximum Gasteiger partial charge on any atom is 0.252 e. The average molecular weight is 330 g/mol. The lowest BCUT2D eigenvalue weighted by atomic mass is 10.1. The molecule has 0 saturated carbocycles. The van der Waals surface area contributed by atoms with Gasteiger partial charge in [-0.1, -0.05) is 23.7 Å². The molecule has 0 bridgehead atoms. The first-order valence-electron chi connectivity index (χ1n) is 7.21. The highest BCUT2D eigenvalue weighted by molar-refractivity contribution is 6.30. The number of benzene rings is 1. The minimum atomic E-state index is -0.0626. The van der Waals surface area contributed by atoms with Crippen LogP contribution in [0.4, 0.5) is 0 Å². The van der Waals surface area contributed by atoms with Gasteiger partial charge in [-0.05, 0) is 31.5 Å². The van der Waals surface area contributed by atoms with Gasteiger partial charge in [0.05, 0.1) is 6.42 Å². The van der Waals surface area contributed by atoms with Crippen LogP contribution in [0, 0.1) is 13.8 Å². The fourth-order valence-corrected chi connectivity index (χ4v) is 2.56. The van der Waals surface area contributed by atoms with Crippen molar-refractivity contribution in [3.05, 3.63) is 58.1 Å². The van der Waals surface area contributed by atoms with Crippen molar-refractivity contribution < 1.29 is 4.79 Å². The molecule has 0 aliphatic carbocycles. The number of carbonyl (C=O) groups excluding carboxylic acids is 1. The first kappa shape index (κ1) is 15.4. The van der Waals surface area contributed by atoms with Gasteiger partial charge in [0.2, 0.25) is 5.91 Å². The van der Waals surface area contributed by atoms with Gasteiger partial charge in [0.25, 0.3) is 5.78 Å². The SMILES string of the molecule is Cc1nc2ncnn2c(C)c1CC(=O)NCc1ccc(Cl)cc1. The number of halogens is 1. The van der Waals surface area contributed by atoms with E-state index in [0.717, 1.165) is 22.5 Å². The molecule has 3 aromatic rings. The first-order valence-corrected chi connectivity index (χ1v) is 7.59. The van der Waals surface area contributed by atoms with Crippen molar-refractivity contribution in [2.75, 3.05) is 0 Å². The lowest BCUT2D eigenvalue weighted by molar-refractivity contribution is -0.120. The number of fused-ring (bicyclic) bond motifs is 1. The number of amides is 1. The van der Waals surface area contributed by atoms with Gasteiger partial charge in [0.1, 0.15) is 6.33 Å². The van der Waals surface area contributed by atoms with E-state index < -0.39 is 0 Å². The van der Waals surface area contributed by atoms with Crippen LogP contribution in [0.1, 0.15) is 22.5 Å². The second-order valence-electron chi connectivity index (χ2n) is 5.31. The number of aromatic nitrogens is 4. The van der Waals surface area contributed by atoms with Gasteiger partial charge in [-0.3, -0.25) is 4.79 Å². The Bertz CT molecular complexity index is 857. The minimum Gasteiger partial charge on any atom is -0.352 e. The molecular weight excluding hydrogens is 314 g/mol. The third-order valence-electron chi connectivity index (χ3n) is 3.73. The van der Waals surface area contributed by atoms with Gasteiger partial charge in [0.15, 0.2) is 0 Å². The van der Waals surface area contributed by atoms with Gasteiger partial charge in [-0.15, -0.1) is 0 Å². The number of rotatable bonds is 4. The molecule has 0 fully saturated rings. The molecule has 0 saturated heterocycles. The molecule has 7 heteroatoms. The van der Waals surface area contributed by atoms with Crippen LogP contribution in [0.5, 0.6) is 0 Å². The Morgan fingerprint density at radius 2 is 2.00 bits per heavy atom. The number of nitrogens with one attached hydrogen (secondary N) is 1. The summed E-state index contributed by atoms with van der Waals surface area (Å²) in [5, 5.41) is 7.72. The van der Waals surface area contributed by atoms with Crippen LogP contribution in [-0.2, 0) is 17.8 Å². The quantitative estimate of drug-likeness (QED) is 0.797. The van der Waals surface area contributed by atoms with Crippen LogP contribution in [0.3, 0.4) is 0 Å². The Morgan fingerprint density at radius 3 is 2.74 bits per heavy atom. The van der Waals surface area contributed by atoms with Crippen molar-refractivity contribution in [3.8, 4) is 0 Å². The first-order chi connectivity index (χ1) is 11.0. The van der Waals surface area contributed by atoms with E-state index >= 15 is 0 Å². The predicted molar refractivity (Wildman–Crippen MR) is 87.3 cm³/mol. The summed E-state index contributed by atoms with van der Waals surface area (Å²) in [6.07, 6.45) is 1.72. The van der Waals surface area contributed by atoms with Gasteiger partial charge in [-0.25, -0.2) is 9.50 Å². The molecule has 0 aliphatic rings. The molecule has 3 rings (SSSR count). The molecule has 1 aromatic carbocycles. The average Bonchev–Trinajstić information content (AvgIpc) is 2.99. The molecule has 0 aliphatic heterocycles. The molecule has 0 atom stereocenters. The third-order valence-corrected chi connectivity index (χ3v) is 3.98. The van der Waals surface area contributed by atoms with Crippen molar-refractivity contribution in [2.24, 2.45) is 0 Å². The molecule has 0 spiro atoms. The number of nitrogens with zero attached hydrogens (tertiary/aromatic N) is 4. The van der Waals surface area contributed by atoms with Crippen LogP contribution >= 0.6 is 11.6 Å². The van der Waals surface area contributed by atoms with Crippen molar-refractivity contribution in [1.29, 1.82) is 0 Å². The van der Waals surface area contributed by atoms with E-state index in [-0.39, 0.29) is 12.3 Å². The molecular formula is C16H16ClN5O. The number of aryl methyl sites for hydroxylation is 2. The second-order valence-corrected chi connectivity index (χ2v) is 5.75. The zero-order valence-corrected chi connectivity index (χ0v) is 13.6. The van der Waals surface area contributed by atoms with E-state index in [2.05, 4.69) is 20.4 Å². The molecule has 6 nitrogen and oxygen atoms in total. The molecule has 2 aromatic heterocycles.